The first-order chi connectivity index (χ1) is 10.8. The summed E-state index contributed by atoms with van der Waals surface area (Å²) in [6.45, 7) is 0. The van der Waals surface area contributed by atoms with E-state index in [9.17, 15) is 17.6 Å². The summed E-state index contributed by atoms with van der Waals surface area (Å²) in [6.07, 6.45) is 3.84. The third kappa shape index (κ3) is 5.91. The summed E-state index contributed by atoms with van der Waals surface area (Å²) in [6, 6.07) is 12.1. The van der Waals surface area contributed by atoms with Gasteiger partial charge in [0.2, 0.25) is 15.9 Å². The Balaban J connectivity index is 1.97. The molecule has 0 heterocycles. The van der Waals surface area contributed by atoms with Gasteiger partial charge in [-0.15, -0.1) is 0 Å². The van der Waals surface area contributed by atoms with Crippen LogP contribution in [-0.2, 0) is 14.8 Å². The largest absolute Gasteiger partial charge is 0.323 e. The summed E-state index contributed by atoms with van der Waals surface area (Å²) in [4.78, 5) is 11.8. The molecule has 5 nitrogen and oxygen atoms in total. The van der Waals surface area contributed by atoms with Gasteiger partial charge >= 0.3 is 0 Å². The van der Waals surface area contributed by atoms with E-state index in [0.29, 0.717) is 16.9 Å². The highest BCUT2D eigenvalue weighted by Gasteiger charge is 2.02. The Bertz CT molecular complexity index is 831. The summed E-state index contributed by atoms with van der Waals surface area (Å²) >= 11 is 0. The summed E-state index contributed by atoms with van der Waals surface area (Å²) < 4.78 is 37.5. The molecule has 0 unspecified atom stereocenters. The van der Waals surface area contributed by atoms with Crippen LogP contribution in [0.2, 0.25) is 0 Å². The van der Waals surface area contributed by atoms with Gasteiger partial charge in [-0.25, -0.2) is 12.8 Å². The molecule has 0 spiro atoms. The van der Waals surface area contributed by atoms with E-state index in [4.69, 9.17) is 0 Å². The maximum atomic E-state index is 13.0. The number of rotatable bonds is 5. The van der Waals surface area contributed by atoms with Crippen LogP contribution >= 0.6 is 0 Å². The van der Waals surface area contributed by atoms with E-state index in [1.165, 1.54) is 36.4 Å². The van der Waals surface area contributed by atoms with Crippen LogP contribution in [0.5, 0.6) is 0 Å². The second-order valence-electron chi connectivity index (χ2n) is 4.83. The van der Waals surface area contributed by atoms with Gasteiger partial charge in [0.25, 0.3) is 0 Å². The van der Waals surface area contributed by atoms with Crippen LogP contribution in [0.1, 0.15) is 5.56 Å². The lowest BCUT2D eigenvalue weighted by Crippen LogP contribution is -2.10. The smallest absolute Gasteiger partial charge is 0.248 e. The first-order valence-corrected chi connectivity index (χ1v) is 8.53. The number of sulfonamides is 1. The van der Waals surface area contributed by atoms with Gasteiger partial charge in [-0.1, -0.05) is 12.1 Å². The Kier molecular flexibility index (Phi) is 5.13. The second kappa shape index (κ2) is 7.06. The number of hydrogen-bond donors (Lipinski definition) is 2. The van der Waals surface area contributed by atoms with E-state index < -0.39 is 10.0 Å². The lowest BCUT2D eigenvalue weighted by atomic mass is 10.2. The predicted molar refractivity (Wildman–Crippen MR) is 89.0 cm³/mol. The molecule has 1 amide bonds. The van der Waals surface area contributed by atoms with Crippen molar-refractivity contribution in [2.24, 2.45) is 0 Å². The fraction of sp³-hybridized carbons (Fsp3) is 0.0625. The Morgan fingerprint density at radius 1 is 1.09 bits per heavy atom. The Morgan fingerprint density at radius 2 is 1.74 bits per heavy atom. The van der Waals surface area contributed by atoms with Crippen molar-refractivity contribution < 1.29 is 17.6 Å². The summed E-state index contributed by atoms with van der Waals surface area (Å²) in [7, 11) is -3.34. The van der Waals surface area contributed by atoms with E-state index in [1.807, 2.05) is 0 Å². The van der Waals surface area contributed by atoms with Crippen molar-refractivity contribution in [3.63, 3.8) is 0 Å². The van der Waals surface area contributed by atoms with Crippen LogP contribution in [0.3, 0.4) is 0 Å². The number of halogens is 1. The third-order valence-corrected chi connectivity index (χ3v) is 3.34. The zero-order chi connectivity index (χ0) is 16.9. The SMILES string of the molecule is CS(=O)(=O)Nc1ccc(NC(=O)/C=C/c2cccc(F)c2)cc1. The number of carbonyl (C=O) groups excluding carboxylic acids is 1. The Morgan fingerprint density at radius 3 is 2.35 bits per heavy atom. The monoisotopic (exact) mass is 334 g/mol. The van der Waals surface area contributed by atoms with Gasteiger partial charge in [0, 0.05) is 17.5 Å². The molecule has 2 aromatic carbocycles. The molecule has 0 aliphatic rings. The number of hydrogen-bond acceptors (Lipinski definition) is 3. The van der Waals surface area contributed by atoms with E-state index in [2.05, 4.69) is 10.0 Å². The maximum Gasteiger partial charge on any atom is 0.248 e. The number of benzene rings is 2. The minimum atomic E-state index is -3.34. The van der Waals surface area contributed by atoms with Gasteiger partial charge in [-0.05, 0) is 48.0 Å². The van der Waals surface area contributed by atoms with Crippen molar-refractivity contribution in [3.05, 3.63) is 66.0 Å². The van der Waals surface area contributed by atoms with Crippen molar-refractivity contribution in [1.29, 1.82) is 0 Å². The Labute approximate surface area is 133 Å². The molecule has 0 saturated heterocycles. The zero-order valence-electron chi connectivity index (χ0n) is 12.3. The van der Waals surface area contributed by atoms with Gasteiger partial charge < -0.3 is 5.32 Å². The number of carbonyl (C=O) groups is 1. The second-order valence-corrected chi connectivity index (χ2v) is 6.58. The highest BCUT2D eigenvalue weighted by Crippen LogP contribution is 2.14. The predicted octanol–water partition coefficient (Wildman–Crippen LogP) is 2.85. The molecule has 23 heavy (non-hydrogen) atoms. The number of anilines is 2. The maximum absolute atomic E-state index is 13.0. The van der Waals surface area contributed by atoms with Gasteiger partial charge in [-0.2, -0.15) is 0 Å². The molecular weight excluding hydrogens is 319 g/mol. The molecule has 0 bridgehead atoms. The van der Waals surface area contributed by atoms with Crippen molar-refractivity contribution in [2.45, 2.75) is 0 Å². The minimum Gasteiger partial charge on any atom is -0.323 e. The van der Waals surface area contributed by atoms with E-state index >= 15 is 0 Å². The van der Waals surface area contributed by atoms with E-state index in [-0.39, 0.29) is 11.7 Å². The quantitative estimate of drug-likeness (QED) is 0.826. The average Bonchev–Trinajstić information content (AvgIpc) is 2.46. The lowest BCUT2D eigenvalue weighted by molar-refractivity contribution is -0.111. The standard InChI is InChI=1S/C16H15FN2O3S/c1-23(21,22)19-15-8-6-14(7-9-15)18-16(20)10-5-12-3-2-4-13(17)11-12/h2-11,19H,1H3,(H,18,20)/b10-5+. The zero-order valence-corrected chi connectivity index (χ0v) is 13.1. The molecular formula is C16H15FN2O3S. The van der Waals surface area contributed by atoms with Crippen molar-refractivity contribution in [2.75, 3.05) is 16.3 Å². The molecule has 120 valence electrons. The van der Waals surface area contributed by atoms with Crippen LogP contribution in [0.4, 0.5) is 15.8 Å². The molecule has 0 radical (unpaired) electrons. The normalized spacial score (nSPS) is 11.4. The van der Waals surface area contributed by atoms with Crippen LogP contribution in [-0.4, -0.2) is 20.6 Å². The summed E-state index contributed by atoms with van der Waals surface area (Å²) in [5, 5.41) is 2.62. The molecule has 0 aliphatic heterocycles. The van der Waals surface area contributed by atoms with Gasteiger partial charge in [0.1, 0.15) is 5.82 Å². The molecule has 0 fully saturated rings. The molecule has 2 rings (SSSR count). The van der Waals surface area contributed by atoms with Crippen LogP contribution in [0, 0.1) is 5.82 Å². The van der Waals surface area contributed by atoms with E-state index in [0.717, 1.165) is 6.26 Å². The van der Waals surface area contributed by atoms with Crippen LogP contribution in [0.15, 0.2) is 54.6 Å². The molecule has 7 heteroatoms. The molecule has 2 N–H and O–H groups in total. The van der Waals surface area contributed by atoms with Crippen molar-refractivity contribution >= 4 is 33.4 Å². The Hall–Kier alpha value is -2.67. The topological polar surface area (TPSA) is 75.3 Å². The lowest BCUT2D eigenvalue weighted by Gasteiger charge is -2.06. The highest BCUT2D eigenvalue weighted by molar-refractivity contribution is 7.92. The van der Waals surface area contributed by atoms with Crippen LogP contribution < -0.4 is 10.0 Å². The fourth-order valence-electron chi connectivity index (χ4n) is 1.80. The molecule has 2 aromatic rings. The highest BCUT2D eigenvalue weighted by atomic mass is 32.2. The first-order valence-electron chi connectivity index (χ1n) is 6.64. The van der Waals surface area contributed by atoms with Crippen molar-refractivity contribution in [3.8, 4) is 0 Å². The third-order valence-electron chi connectivity index (χ3n) is 2.73. The number of nitrogens with one attached hydrogen (secondary N) is 2. The number of amides is 1. The minimum absolute atomic E-state index is 0.374. The van der Waals surface area contributed by atoms with Crippen molar-refractivity contribution in [1.82, 2.24) is 0 Å². The van der Waals surface area contributed by atoms with Crippen LogP contribution in [0.25, 0.3) is 6.08 Å². The molecule has 0 aromatic heterocycles. The molecule has 0 saturated carbocycles. The molecule has 0 aliphatic carbocycles. The fourth-order valence-corrected chi connectivity index (χ4v) is 2.37. The van der Waals surface area contributed by atoms with Gasteiger partial charge in [-0.3, -0.25) is 9.52 Å². The summed E-state index contributed by atoms with van der Waals surface area (Å²) in [5.41, 5.74) is 1.49. The van der Waals surface area contributed by atoms with Gasteiger partial charge in [0.15, 0.2) is 0 Å². The first kappa shape index (κ1) is 16.7. The van der Waals surface area contributed by atoms with E-state index in [1.54, 1.807) is 24.3 Å². The molecule has 0 atom stereocenters. The average molecular weight is 334 g/mol. The van der Waals surface area contributed by atoms with Gasteiger partial charge in [0.05, 0.1) is 6.26 Å². The summed E-state index contributed by atoms with van der Waals surface area (Å²) in [5.74, 6) is -0.750.